The Morgan fingerprint density at radius 3 is 2.78 bits per heavy atom. The predicted octanol–water partition coefficient (Wildman–Crippen LogP) is 3.15. The first-order valence-corrected chi connectivity index (χ1v) is 10.1. The summed E-state index contributed by atoms with van der Waals surface area (Å²) in [5.74, 6) is -0.0908. The van der Waals surface area contributed by atoms with Crippen molar-refractivity contribution in [3.63, 3.8) is 0 Å². The first kappa shape index (κ1) is 19.8. The lowest BCUT2D eigenvalue weighted by atomic mass is 9.98. The molecule has 1 aliphatic carbocycles. The molecule has 0 spiro atoms. The molecule has 0 atom stereocenters. The molecule has 0 aliphatic heterocycles. The minimum atomic E-state index is -0.356. The van der Waals surface area contributed by atoms with Crippen molar-refractivity contribution in [3.05, 3.63) is 56.8 Å². The Morgan fingerprint density at radius 1 is 1.41 bits per heavy atom. The molecule has 144 valence electrons. The van der Waals surface area contributed by atoms with Crippen LogP contribution in [0.4, 0.5) is 4.39 Å². The van der Waals surface area contributed by atoms with Crippen LogP contribution in [-0.2, 0) is 18.2 Å². The summed E-state index contributed by atoms with van der Waals surface area (Å²) in [7, 11) is 1.51. The van der Waals surface area contributed by atoms with Crippen molar-refractivity contribution in [1.82, 2.24) is 9.78 Å². The Balaban J connectivity index is 1.91. The van der Waals surface area contributed by atoms with E-state index in [1.165, 1.54) is 24.9 Å². The van der Waals surface area contributed by atoms with Crippen molar-refractivity contribution in [1.29, 1.82) is 0 Å². The van der Waals surface area contributed by atoms with E-state index >= 15 is 0 Å². The third-order valence-electron chi connectivity index (χ3n) is 4.78. The van der Waals surface area contributed by atoms with Crippen molar-refractivity contribution in [3.8, 4) is 0 Å². The molecule has 0 amide bonds. The van der Waals surface area contributed by atoms with E-state index in [4.69, 9.17) is 4.74 Å². The zero-order valence-electron chi connectivity index (χ0n) is 15.8. The Bertz CT molecular complexity index is 922. The molecule has 1 heterocycles. The monoisotopic (exact) mass is 390 g/mol. The molecule has 3 rings (SSSR count). The quantitative estimate of drug-likeness (QED) is 0.512. The minimum Gasteiger partial charge on any atom is -0.373 e. The summed E-state index contributed by atoms with van der Waals surface area (Å²) < 4.78 is 21.1. The molecule has 1 aromatic heterocycles. The highest BCUT2D eigenvalue weighted by molar-refractivity contribution is 7.98. The second kappa shape index (κ2) is 8.35. The standard InChI is InChI=1S/C20H23FN2O3S/c1-12-16(8-14-6-7-15(27-3)9-17(14)21)19(22-23(2)20(12)25)18(24)11-26-10-13-4-5-13/h6-7,9,13H,4-5,8,10-11H2,1-3H3. The van der Waals surface area contributed by atoms with Gasteiger partial charge in [-0.3, -0.25) is 9.59 Å². The fourth-order valence-corrected chi connectivity index (χ4v) is 3.33. The van der Waals surface area contributed by atoms with Gasteiger partial charge in [-0.15, -0.1) is 11.8 Å². The smallest absolute Gasteiger partial charge is 0.269 e. The van der Waals surface area contributed by atoms with Gasteiger partial charge in [0.25, 0.3) is 5.56 Å². The number of carbonyl (C=O) groups excluding carboxylic acids is 1. The lowest BCUT2D eigenvalue weighted by Crippen LogP contribution is -2.29. The van der Waals surface area contributed by atoms with Gasteiger partial charge in [0, 0.05) is 23.9 Å². The summed E-state index contributed by atoms with van der Waals surface area (Å²) >= 11 is 1.45. The Hall–Kier alpha value is -1.99. The summed E-state index contributed by atoms with van der Waals surface area (Å²) in [4.78, 5) is 25.8. The molecule has 1 aromatic carbocycles. The number of thioether (sulfide) groups is 1. The van der Waals surface area contributed by atoms with Crippen molar-refractivity contribution >= 4 is 17.5 Å². The van der Waals surface area contributed by atoms with E-state index in [-0.39, 0.29) is 35.9 Å². The van der Waals surface area contributed by atoms with Gasteiger partial charge in [0.1, 0.15) is 18.1 Å². The third-order valence-corrected chi connectivity index (χ3v) is 5.50. The van der Waals surface area contributed by atoms with Crippen molar-refractivity contribution in [2.45, 2.75) is 31.1 Å². The van der Waals surface area contributed by atoms with E-state index in [1.54, 1.807) is 13.0 Å². The summed E-state index contributed by atoms with van der Waals surface area (Å²) in [6, 6.07) is 4.98. The van der Waals surface area contributed by atoms with Crippen LogP contribution in [0.25, 0.3) is 0 Å². The third kappa shape index (κ3) is 4.65. The fraction of sp³-hybridized carbons (Fsp3) is 0.450. The maximum atomic E-state index is 14.4. The van der Waals surface area contributed by atoms with Gasteiger partial charge < -0.3 is 4.74 Å². The molecule has 7 heteroatoms. The normalized spacial score (nSPS) is 13.8. The van der Waals surface area contributed by atoms with Crippen LogP contribution in [-0.4, -0.2) is 35.0 Å². The Kier molecular flexibility index (Phi) is 6.11. The number of ether oxygens (including phenoxy) is 1. The van der Waals surface area contributed by atoms with Gasteiger partial charge in [0.2, 0.25) is 5.78 Å². The van der Waals surface area contributed by atoms with Crippen molar-refractivity contribution in [2.75, 3.05) is 19.5 Å². The number of nitrogens with zero attached hydrogens (tertiary/aromatic N) is 2. The van der Waals surface area contributed by atoms with Gasteiger partial charge in [-0.2, -0.15) is 5.10 Å². The summed E-state index contributed by atoms with van der Waals surface area (Å²) in [6.45, 7) is 2.13. The molecule has 0 saturated heterocycles. The van der Waals surface area contributed by atoms with Gasteiger partial charge >= 0.3 is 0 Å². The van der Waals surface area contributed by atoms with Gasteiger partial charge in [0.05, 0.1) is 6.61 Å². The van der Waals surface area contributed by atoms with Gasteiger partial charge in [-0.05, 0) is 55.2 Å². The number of halogens is 1. The van der Waals surface area contributed by atoms with E-state index in [1.807, 2.05) is 12.3 Å². The maximum Gasteiger partial charge on any atom is 0.269 e. The molecule has 1 saturated carbocycles. The van der Waals surface area contributed by atoms with Crippen LogP contribution in [0.1, 0.15) is 40.0 Å². The minimum absolute atomic E-state index is 0.0813. The molecule has 5 nitrogen and oxygen atoms in total. The molecule has 1 fully saturated rings. The predicted molar refractivity (Wildman–Crippen MR) is 103 cm³/mol. The Labute approximate surface area is 161 Å². The van der Waals surface area contributed by atoms with E-state index in [2.05, 4.69) is 5.10 Å². The van der Waals surface area contributed by atoms with E-state index in [0.717, 1.165) is 22.4 Å². The molecule has 1 aliphatic rings. The summed E-state index contributed by atoms with van der Waals surface area (Å²) in [6.07, 6.45) is 4.30. The van der Waals surface area contributed by atoms with Crippen LogP contribution in [0.5, 0.6) is 0 Å². The number of carbonyl (C=O) groups is 1. The number of aryl methyl sites for hydroxylation is 1. The summed E-state index contributed by atoms with van der Waals surface area (Å²) in [5, 5.41) is 4.15. The zero-order chi connectivity index (χ0) is 19.6. The second-order valence-corrected chi connectivity index (χ2v) is 7.78. The highest BCUT2D eigenvalue weighted by Gasteiger charge is 2.24. The van der Waals surface area contributed by atoms with Gasteiger partial charge in [-0.25, -0.2) is 9.07 Å². The van der Waals surface area contributed by atoms with Gasteiger partial charge in [-0.1, -0.05) is 6.07 Å². The molecule has 0 bridgehead atoms. The maximum absolute atomic E-state index is 14.4. The number of rotatable bonds is 8. The van der Waals surface area contributed by atoms with Crippen LogP contribution >= 0.6 is 11.8 Å². The number of hydrogen-bond acceptors (Lipinski definition) is 5. The second-order valence-electron chi connectivity index (χ2n) is 6.90. The SMILES string of the molecule is CSc1ccc(Cc2c(C(=O)COCC3CC3)nn(C)c(=O)c2C)c(F)c1. The van der Waals surface area contributed by atoms with Crippen LogP contribution < -0.4 is 5.56 Å². The highest BCUT2D eigenvalue weighted by Crippen LogP contribution is 2.29. The average Bonchev–Trinajstić information content (AvgIpc) is 3.47. The number of hydrogen-bond donors (Lipinski definition) is 0. The number of Topliss-reactive ketones (excluding diaryl/α,β-unsaturated/α-hetero) is 1. The largest absolute Gasteiger partial charge is 0.373 e. The highest BCUT2D eigenvalue weighted by atomic mass is 32.2. The first-order chi connectivity index (χ1) is 12.9. The van der Waals surface area contributed by atoms with E-state index < -0.39 is 0 Å². The van der Waals surface area contributed by atoms with Crippen LogP contribution in [0.2, 0.25) is 0 Å². The average molecular weight is 390 g/mol. The number of aromatic nitrogens is 2. The zero-order valence-corrected chi connectivity index (χ0v) is 16.6. The van der Waals surface area contributed by atoms with Crippen LogP contribution in [0.3, 0.4) is 0 Å². The lowest BCUT2D eigenvalue weighted by molar-refractivity contribution is 0.0731. The molecular formula is C20H23FN2O3S. The molecule has 0 unspecified atom stereocenters. The summed E-state index contributed by atoms with van der Waals surface area (Å²) in [5.41, 5.74) is 1.19. The number of ketones is 1. The van der Waals surface area contributed by atoms with Crippen LogP contribution in [0, 0.1) is 18.7 Å². The first-order valence-electron chi connectivity index (χ1n) is 8.90. The van der Waals surface area contributed by atoms with Crippen LogP contribution in [0.15, 0.2) is 27.9 Å². The molecule has 2 aromatic rings. The van der Waals surface area contributed by atoms with Crippen molar-refractivity contribution in [2.24, 2.45) is 13.0 Å². The molecule has 0 radical (unpaired) electrons. The molecular weight excluding hydrogens is 367 g/mol. The molecule has 27 heavy (non-hydrogen) atoms. The topological polar surface area (TPSA) is 61.2 Å². The Morgan fingerprint density at radius 2 is 2.15 bits per heavy atom. The fourth-order valence-electron chi connectivity index (χ4n) is 2.91. The van der Waals surface area contributed by atoms with E-state index in [0.29, 0.717) is 29.2 Å². The van der Waals surface area contributed by atoms with Gasteiger partial charge in [0.15, 0.2) is 0 Å². The number of benzene rings is 1. The van der Waals surface area contributed by atoms with Crippen molar-refractivity contribution < 1.29 is 13.9 Å². The van der Waals surface area contributed by atoms with E-state index in [9.17, 15) is 14.0 Å². The molecule has 0 N–H and O–H groups in total. The lowest BCUT2D eigenvalue weighted by Gasteiger charge is -2.13.